The Balaban J connectivity index is 1.66. The fourth-order valence-electron chi connectivity index (χ4n) is 4.81. The lowest BCUT2D eigenvalue weighted by Gasteiger charge is -2.33. The van der Waals surface area contributed by atoms with Crippen LogP contribution in [0, 0.1) is 5.82 Å². The summed E-state index contributed by atoms with van der Waals surface area (Å²) in [5.41, 5.74) is 2.40. The van der Waals surface area contributed by atoms with Crippen LogP contribution in [0.4, 0.5) is 4.39 Å². The van der Waals surface area contributed by atoms with E-state index in [0.29, 0.717) is 22.0 Å². The average Bonchev–Trinajstić information content (AvgIpc) is 2.90. The van der Waals surface area contributed by atoms with E-state index in [0.717, 1.165) is 36.8 Å². The molecule has 0 heterocycles. The second-order valence-electron chi connectivity index (χ2n) is 9.62. The molecule has 1 atom stereocenters. The number of nitrogens with one attached hydrogen (secondary N) is 1. The van der Waals surface area contributed by atoms with Gasteiger partial charge in [-0.3, -0.25) is 9.59 Å². The van der Waals surface area contributed by atoms with Gasteiger partial charge in [0, 0.05) is 19.0 Å². The van der Waals surface area contributed by atoms with Gasteiger partial charge in [0.05, 0.1) is 16.5 Å². The van der Waals surface area contributed by atoms with E-state index in [1.807, 2.05) is 36.4 Å². The molecule has 7 heteroatoms. The molecule has 0 aliphatic heterocycles. The molecule has 0 aromatic heterocycles. The molecule has 0 spiro atoms. The standard InChI is InChI=1S/C30H31Cl2FN2O2/c31-26-16-13-23(17-27(26)32)20-35(29(36)19-22-11-14-24(33)15-12-22)28(18-21-7-3-1-4-8-21)30(37)34-25-9-5-2-6-10-25/h1,3-4,7-8,11-17,25,28H,2,5-6,9-10,18-20H2,(H,34,37). The van der Waals surface area contributed by atoms with Gasteiger partial charge >= 0.3 is 0 Å². The van der Waals surface area contributed by atoms with E-state index in [4.69, 9.17) is 23.2 Å². The van der Waals surface area contributed by atoms with Crippen LogP contribution in [0.15, 0.2) is 72.8 Å². The summed E-state index contributed by atoms with van der Waals surface area (Å²) >= 11 is 12.4. The summed E-state index contributed by atoms with van der Waals surface area (Å²) in [6.45, 7) is 0.187. The molecule has 3 aromatic carbocycles. The Kier molecular flexibility index (Phi) is 9.59. The van der Waals surface area contributed by atoms with Crippen LogP contribution in [0.25, 0.3) is 0 Å². The molecule has 1 fully saturated rings. The molecule has 1 aliphatic rings. The number of carbonyl (C=O) groups excluding carboxylic acids is 2. The topological polar surface area (TPSA) is 49.4 Å². The van der Waals surface area contributed by atoms with E-state index in [9.17, 15) is 14.0 Å². The van der Waals surface area contributed by atoms with E-state index in [-0.39, 0.29) is 36.6 Å². The van der Waals surface area contributed by atoms with Crippen LogP contribution in [-0.4, -0.2) is 28.8 Å². The first-order chi connectivity index (χ1) is 17.9. The van der Waals surface area contributed by atoms with Crippen molar-refractivity contribution in [3.8, 4) is 0 Å². The molecule has 1 N–H and O–H groups in total. The van der Waals surface area contributed by atoms with Crippen molar-refractivity contribution >= 4 is 35.0 Å². The highest BCUT2D eigenvalue weighted by atomic mass is 35.5. The zero-order valence-corrected chi connectivity index (χ0v) is 22.1. The Bertz CT molecular complexity index is 1200. The Morgan fingerprint density at radius 2 is 1.54 bits per heavy atom. The smallest absolute Gasteiger partial charge is 0.243 e. The third-order valence-corrected chi connectivity index (χ3v) is 7.57. The quantitative estimate of drug-likeness (QED) is 0.325. The Morgan fingerprint density at radius 3 is 2.22 bits per heavy atom. The first-order valence-electron chi connectivity index (χ1n) is 12.7. The van der Waals surface area contributed by atoms with Crippen LogP contribution in [0.3, 0.4) is 0 Å². The number of benzene rings is 3. The molecule has 1 aliphatic carbocycles. The molecule has 3 aromatic rings. The largest absolute Gasteiger partial charge is 0.352 e. The predicted octanol–water partition coefficient (Wildman–Crippen LogP) is 6.76. The minimum atomic E-state index is -0.730. The second-order valence-corrected chi connectivity index (χ2v) is 10.4. The monoisotopic (exact) mass is 540 g/mol. The van der Waals surface area contributed by atoms with Crippen molar-refractivity contribution in [3.05, 3.63) is 105 Å². The van der Waals surface area contributed by atoms with Gasteiger partial charge < -0.3 is 10.2 Å². The summed E-state index contributed by atoms with van der Waals surface area (Å²) in [6, 6.07) is 20.2. The van der Waals surface area contributed by atoms with Gasteiger partial charge in [-0.05, 0) is 53.8 Å². The third kappa shape index (κ3) is 7.80. The lowest BCUT2D eigenvalue weighted by molar-refractivity contribution is -0.141. The maximum absolute atomic E-state index is 13.8. The summed E-state index contributed by atoms with van der Waals surface area (Å²) in [6.07, 6.45) is 5.66. The fraction of sp³-hybridized carbons (Fsp3) is 0.333. The minimum absolute atomic E-state index is 0.0452. The molecule has 37 heavy (non-hydrogen) atoms. The molecule has 4 nitrogen and oxygen atoms in total. The Hall–Kier alpha value is -2.89. The number of carbonyl (C=O) groups is 2. The zero-order chi connectivity index (χ0) is 26.2. The lowest BCUT2D eigenvalue weighted by atomic mass is 9.94. The first kappa shape index (κ1) is 27.2. The average molecular weight is 541 g/mol. The fourth-order valence-corrected chi connectivity index (χ4v) is 5.13. The normalized spacial score (nSPS) is 14.7. The first-order valence-corrected chi connectivity index (χ1v) is 13.5. The van der Waals surface area contributed by atoms with Crippen molar-refractivity contribution in [3.63, 3.8) is 0 Å². The highest BCUT2D eigenvalue weighted by molar-refractivity contribution is 6.42. The van der Waals surface area contributed by atoms with Crippen molar-refractivity contribution in [2.45, 2.75) is 63.6 Å². The van der Waals surface area contributed by atoms with Crippen molar-refractivity contribution < 1.29 is 14.0 Å². The Labute approximate surface area is 227 Å². The van der Waals surface area contributed by atoms with E-state index < -0.39 is 6.04 Å². The van der Waals surface area contributed by atoms with Crippen LogP contribution in [-0.2, 0) is 29.0 Å². The summed E-state index contributed by atoms with van der Waals surface area (Å²) < 4.78 is 13.5. The van der Waals surface area contributed by atoms with E-state index in [2.05, 4.69) is 5.32 Å². The van der Waals surface area contributed by atoms with Crippen LogP contribution < -0.4 is 5.32 Å². The number of nitrogens with zero attached hydrogens (tertiary/aromatic N) is 1. The number of rotatable bonds is 9. The van der Waals surface area contributed by atoms with Crippen LogP contribution >= 0.6 is 23.2 Å². The molecule has 1 unspecified atom stereocenters. The van der Waals surface area contributed by atoms with Crippen molar-refractivity contribution in [2.75, 3.05) is 0 Å². The molecule has 0 bridgehead atoms. The van der Waals surface area contributed by atoms with Gasteiger partial charge in [-0.2, -0.15) is 0 Å². The van der Waals surface area contributed by atoms with Gasteiger partial charge in [0.2, 0.25) is 11.8 Å². The zero-order valence-electron chi connectivity index (χ0n) is 20.6. The van der Waals surface area contributed by atoms with Crippen LogP contribution in [0.2, 0.25) is 10.0 Å². The number of hydrogen-bond acceptors (Lipinski definition) is 2. The lowest BCUT2D eigenvalue weighted by Crippen LogP contribution is -2.53. The minimum Gasteiger partial charge on any atom is -0.352 e. The maximum Gasteiger partial charge on any atom is 0.243 e. The van der Waals surface area contributed by atoms with Gasteiger partial charge in [-0.25, -0.2) is 4.39 Å². The molecule has 2 amide bonds. The maximum atomic E-state index is 13.8. The SMILES string of the molecule is O=C(NC1CCCCC1)C(Cc1ccccc1)N(Cc1ccc(Cl)c(Cl)c1)C(=O)Cc1ccc(F)cc1. The van der Waals surface area contributed by atoms with E-state index >= 15 is 0 Å². The summed E-state index contributed by atoms with van der Waals surface area (Å²) in [5.74, 6) is -0.752. The molecule has 0 saturated heterocycles. The van der Waals surface area contributed by atoms with E-state index in [1.165, 1.54) is 18.6 Å². The molecule has 0 radical (unpaired) electrons. The predicted molar refractivity (Wildman–Crippen MR) is 146 cm³/mol. The van der Waals surface area contributed by atoms with Crippen LogP contribution in [0.1, 0.15) is 48.8 Å². The highest BCUT2D eigenvalue weighted by Gasteiger charge is 2.32. The summed E-state index contributed by atoms with van der Waals surface area (Å²) in [4.78, 5) is 29.2. The molecule has 4 rings (SSSR count). The van der Waals surface area contributed by atoms with Crippen molar-refractivity contribution in [2.24, 2.45) is 0 Å². The Morgan fingerprint density at radius 1 is 0.865 bits per heavy atom. The molecular weight excluding hydrogens is 510 g/mol. The van der Waals surface area contributed by atoms with Gasteiger partial charge in [0.1, 0.15) is 11.9 Å². The van der Waals surface area contributed by atoms with Crippen LogP contribution in [0.5, 0.6) is 0 Å². The number of halogens is 3. The highest BCUT2D eigenvalue weighted by Crippen LogP contribution is 2.25. The third-order valence-electron chi connectivity index (χ3n) is 6.83. The molecular formula is C30H31Cl2FN2O2. The van der Waals surface area contributed by atoms with Gasteiger partial charge in [-0.15, -0.1) is 0 Å². The van der Waals surface area contributed by atoms with Gasteiger partial charge in [0.25, 0.3) is 0 Å². The number of hydrogen-bond donors (Lipinski definition) is 1. The number of amides is 2. The second kappa shape index (κ2) is 13.1. The van der Waals surface area contributed by atoms with Crippen molar-refractivity contribution in [1.29, 1.82) is 0 Å². The molecule has 194 valence electrons. The van der Waals surface area contributed by atoms with Gasteiger partial charge in [-0.1, -0.05) is 91.0 Å². The van der Waals surface area contributed by atoms with Gasteiger partial charge in [0.15, 0.2) is 0 Å². The van der Waals surface area contributed by atoms with Crippen molar-refractivity contribution in [1.82, 2.24) is 10.2 Å². The van der Waals surface area contributed by atoms with E-state index in [1.54, 1.807) is 29.2 Å². The molecule has 1 saturated carbocycles. The summed E-state index contributed by atoms with van der Waals surface area (Å²) in [5, 5.41) is 4.03. The summed E-state index contributed by atoms with van der Waals surface area (Å²) in [7, 11) is 0.